The summed E-state index contributed by atoms with van der Waals surface area (Å²) in [4.78, 5) is 12.2. The number of sulfonamides is 1. The SMILES string of the molecule is O=C(NCCCOC1CCCCC1)c1ccc(S(=O)(=O)Nc2ccccc2F)cc1. The van der Waals surface area contributed by atoms with E-state index >= 15 is 0 Å². The van der Waals surface area contributed by atoms with Crippen molar-refractivity contribution in [1.29, 1.82) is 0 Å². The molecule has 0 spiro atoms. The minimum atomic E-state index is -3.95. The summed E-state index contributed by atoms with van der Waals surface area (Å²) in [6, 6.07) is 11.0. The van der Waals surface area contributed by atoms with Crippen molar-refractivity contribution in [2.24, 2.45) is 0 Å². The lowest BCUT2D eigenvalue weighted by Gasteiger charge is -2.21. The Morgan fingerprint density at radius 2 is 1.73 bits per heavy atom. The van der Waals surface area contributed by atoms with E-state index in [1.54, 1.807) is 0 Å². The summed E-state index contributed by atoms with van der Waals surface area (Å²) in [6.07, 6.45) is 7.05. The Bertz CT molecular complexity index is 942. The molecule has 0 bridgehead atoms. The first-order chi connectivity index (χ1) is 14.5. The van der Waals surface area contributed by atoms with Crippen LogP contribution in [0.2, 0.25) is 0 Å². The Labute approximate surface area is 176 Å². The van der Waals surface area contributed by atoms with Gasteiger partial charge in [-0.2, -0.15) is 0 Å². The summed E-state index contributed by atoms with van der Waals surface area (Å²) >= 11 is 0. The number of hydrogen-bond acceptors (Lipinski definition) is 4. The molecule has 2 aromatic carbocycles. The third kappa shape index (κ3) is 6.27. The van der Waals surface area contributed by atoms with Crippen molar-refractivity contribution >= 4 is 21.6 Å². The maximum Gasteiger partial charge on any atom is 0.261 e. The summed E-state index contributed by atoms with van der Waals surface area (Å²) in [5, 5.41) is 2.81. The first kappa shape index (κ1) is 22.2. The minimum Gasteiger partial charge on any atom is -0.378 e. The maximum atomic E-state index is 13.7. The van der Waals surface area contributed by atoms with Gasteiger partial charge in [0, 0.05) is 18.7 Å². The summed E-state index contributed by atoms with van der Waals surface area (Å²) in [6.45, 7) is 1.10. The molecule has 0 unspecified atom stereocenters. The smallest absolute Gasteiger partial charge is 0.261 e. The zero-order valence-electron chi connectivity index (χ0n) is 16.8. The van der Waals surface area contributed by atoms with Crippen LogP contribution >= 0.6 is 0 Å². The van der Waals surface area contributed by atoms with E-state index < -0.39 is 15.8 Å². The van der Waals surface area contributed by atoms with Gasteiger partial charge in [-0.25, -0.2) is 12.8 Å². The van der Waals surface area contributed by atoms with Gasteiger partial charge in [0.2, 0.25) is 0 Å². The number of amides is 1. The van der Waals surface area contributed by atoms with Crippen LogP contribution in [0.5, 0.6) is 0 Å². The normalized spacial score (nSPS) is 15.0. The van der Waals surface area contributed by atoms with E-state index in [9.17, 15) is 17.6 Å². The second-order valence-corrected chi connectivity index (χ2v) is 9.03. The molecule has 8 heteroatoms. The number of nitrogens with one attached hydrogen (secondary N) is 2. The van der Waals surface area contributed by atoms with Gasteiger partial charge in [-0.3, -0.25) is 9.52 Å². The van der Waals surface area contributed by atoms with Crippen LogP contribution in [0.4, 0.5) is 10.1 Å². The molecular formula is C22H27FN2O4S. The molecule has 162 valence electrons. The number of hydrogen-bond donors (Lipinski definition) is 2. The van der Waals surface area contributed by atoms with Crippen LogP contribution in [0.3, 0.4) is 0 Å². The van der Waals surface area contributed by atoms with Crippen molar-refractivity contribution in [3.05, 3.63) is 59.9 Å². The van der Waals surface area contributed by atoms with Gasteiger partial charge in [0.05, 0.1) is 16.7 Å². The summed E-state index contributed by atoms with van der Waals surface area (Å²) in [5.74, 6) is -0.941. The largest absolute Gasteiger partial charge is 0.378 e. The quantitative estimate of drug-likeness (QED) is 0.582. The molecule has 3 rings (SSSR count). The molecule has 0 aromatic heterocycles. The third-order valence-corrected chi connectivity index (χ3v) is 6.44. The van der Waals surface area contributed by atoms with Crippen molar-refractivity contribution in [2.45, 2.75) is 49.5 Å². The fourth-order valence-corrected chi connectivity index (χ4v) is 4.46. The molecule has 2 aromatic rings. The molecule has 1 amide bonds. The number of ether oxygens (including phenoxy) is 1. The van der Waals surface area contributed by atoms with Gasteiger partial charge in [0.1, 0.15) is 5.82 Å². The number of carbonyl (C=O) groups excluding carboxylic acids is 1. The number of para-hydroxylation sites is 1. The fourth-order valence-electron chi connectivity index (χ4n) is 3.39. The number of benzene rings is 2. The van der Waals surface area contributed by atoms with Crippen molar-refractivity contribution in [2.75, 3.05) is 17.9 Å². The van der Waals surface area contributed by atoms with Crippen molar-refractivity contribution < 1.29 is 22.3 Å². The average molecular weight is 435 g/mol. The summed E-state index contributed by atoms with van der Waals surface area (Å²) in [7, 11) is -3.95. The van der Waals surface area contributed by atoms with Gasteiger partial charge in [-0.05, 0) is 55.7 Å². The molecule has 1 aliphatic carbocycles. The molecule has 1 fully saturated rings. The second-order valence-electron chi connectivity index (χ2n) is 7.35. The Morgan fingerprint density at radius 1 is 1.03 bits per heavy atom. The lowest BCUT2D eigenvalue weighted by molar-refractivity contribution is 0.0273. The monoisotopic (exact) mass is 434 g/mol. The molecule has 0 saturated heterocycles. The van der Waals surface area contributed by atoms with E-state index in [0.717, 1.165) is 19.3 Å². The summed E-state index contributed by atoms with van der Waals surface area (Å²) < 4.78 is 46.6. The highest BCUT2D eigenvalue weighted by Crippen LogP contribution is 2.21. The average Bonchev–Trinajstić information content (AvgIpc) is 2.76. The van der Waals surface area contributed by atoms with Crippen LogP contribution in [-0.2, 0) is 14.8 Å². The number of carbonyl (C=O) groups is 1. The third-order valence-electron chi connectivity index (χ3n) is 5.06. The Balaban J connectivity index is 1.47. The van der Waals surface area contributed by atoms with Crippen molar-refractivity contribution in [3.8, 4) is 0 Å². The van der Waals surface area contributed by atoms with E-state index in [2.05, 4.69) is 10.0 Å². The van der Waals surface area contributed by atoms with E-state index in [4.69, 9.17) is 4.74 Å². The number of halogens is 1. The van der Waals surface area contributed by atoms with Crippen LogP contribution < -0.4 is 10.0 Å². The number of rotatable bonds is 9. The number of anilines is 1. The minimum absolute atomic E-state index is 0.0526. The molecule has 1 aliphatic rings. The highest BCUT2D eigenvalue weighted by molar-refractivity contribution is 7.92. The predicted octanol–water partition coefficient (Wildman–Crippen LogP) is 4.10. The van der Waals surface area contributed by atoms with E-state index in [-0.39, 0.29) is 16.5 Å². The van der Waals surface area contributed by atoms with Gasteiger partial charge in [0.25, 0.3) is 15.9 Å². The lowest BCUT2D eigenvalue weighted by Crippen LogP contribution is -2.26. The lowest BCUT2D eigenvalue weighted by atomic mass is 9.98. The molecule has 2 N–H and O–H groups in total. The van der Waals surface area contributed by atoms with E-state index in [0.29, 0.717) is 24.8 Å². The van der Waals surface area contributed by atoms with Crippen LogP contribution in [0.25, 0.3) is 0 Å². The summed E-state index contributed by atoms with van der Waals surface area (Å²) in [5.41, 5.74) is 0.225. The van der Waals surface area contributed by atoms with Gasteiger partial charge in [-0.1, -0.05) is 31.4 Å². The van der Waals surface area contributed by atoms with Crippen molar-refractivity contribution in [1.82, 2.24) is 5.32 Å². The van der Waals surface area contributed by atoms with Crippen molar-refractivity contribution in [3.63, 3.8) is 0 Å². The Hall–Kier alpha value is -2.45. The second kappa shape index (κ2) is 10.5. The molecule has 0 radical (unpaired) electrons. The van der Waals surface area contributed by atoms with Crippen LogP contribution in [0.1, 0.15) is 48.9 Å². The molecule has 0 atom stereocenters. The zero-order chi connectivity index (χ0) is 21.4. The van der Waals surface area contributed by atoms with Gasteiger partial charge in [-0.15, -0.1) is 0 Å². The molecule has 0 heterocycles. The highest BCUT2D eigenvalue weighted by Gasteiger charge is 2.17. The maximum absolute atomic E-state index is 13.7. The van der Waals surface area contributed by atoms with E-state index in [1.807, 2.05) is 0 Å². The first-order valence-corrected chi connectivity index (χ1v) is 11.7. The topological polar surface area (TPSA) is 84.5 Å². The molecule has 30 heavy (non-hydrogen) atoms. The van der Waals surface area contributed by atoms with E-state index in [1.165, 1.54) is 67.8 Å². The van der Waals surface area contributed by atoms with Gasteiger partial charge < -0.3 is 10.1 Å². The van der Waals surface area contributed by atoms with Crippen LogP contribution in [0, 0.1) is 5.82 Å². The van der Waals surface area contributed by atoms with Crippen LogP contribution in [-0.4, -0.2) is 33.6 Å². The molecular weight excluding hydrogens is 407 g/mol. The Morgan fingerprint density at radius 3 is 2.43 bits per heavy atom. The highest BCUT2D eigenvalue weighted by atomic mass is 32.2. The molecule has 1 saturated carbocycles. The fraction of sp³-hybridized carbons (Fsp3) is 0.409. The van der Waals surface area contributed by atoms with Crippen LogP contribution in [0.15, 0.2) is 53.4 Å². The van der Waals surface area contributed by atoms with Gasteiger partial charge >= 0.3 is 0 Å². The predicted molar refractivity (Wildman–Crippen MR) is 113 cm³/mol. The first-order valence-electron chi connectivity index (χ1n) is 10.2. The standard InChI is InChI=1S/C22H27FN2O4S/c23-20-9-4-5-10-21(20)25-30(27,28)19-13-11-17(12-14-19)22(26)24-15-6-16-29-18-7-2-1-3-8-18/h4-5,9-14,18,25H,1-3,6-8,15-16H2,(H,24,26). The zero-order valence-corrected chi connectivity index (χ0v) is 17.6. The molecule has 0 aliphatic heterocycles. The Kier molecular flexibility index (Phi) is 7.81. The van der Waals surface area contributed by atoms with Gasteiger partial charge in [0.15, 0.2) is 0 Å². The molecule has 6 nitrogen and oxygen atoms in total.